The Balaban J connectivity index is 2.61. The van der Waals surface area contributed by atoms with Crippen molar-refractivity contribution in [1.29, 1.82) is 0 Å². The lowest BCUT2D eigenvalue weighted by Gasteiger charge is -2.20. The highest BCUT2D eigenvalue weighted by molar-refractivity contribution is 5.86. The van der Waals surface area contributed by atoms with E-state index in [1.54, 1.807) is 6.07 Å². The van der Waals surface area contributed by atoms with Gasteiger partial charge in [-0.15, -0.1) is 0 Å². The molecule has 0 radical (unpaired) electrons. The van der Waals surface area contributed by atoms with E-state index in [2.05, 4.69) is 67.5 Å². The summed E-state index contributed by atoms with van der Waals surface area (Å²) in [6.45, 7) is 17.7. The lowest BCUT2D eigenvalue weighted by atomic mass is 9.87. The van der Waals surface area contributed by atoms with Crippen LogP contribution in [-0.2, 0) is 0 Å². The van der Waals surface area contributed by atoms with E-state index in [1.165, 1.54) is 22.3 Å². The van der Waals surface area contributed by atoms with Crippen LogP contribution in [0.1, 0.15) is 107 Å². The number of aliphatic imine (C=N–C) groups is 1. The van der Waals surface area contributed by atoms with Crippen LogP contribution in [0.3, 0.4) is 0 Å². The van der Waals surface area contributed by atoms with Crippen LogP contribution in [0, 0.1) is 0 Å². The molecule has 0 fully saturated rings. The van der Waals surface area contributed by atoms with Crippen LogP contribution in [-0.4, -0.2) is 11.3 Å². The van der Waals surface area contributed by atoms with Crippen molar-refractivity contribution in [3.8, 4) is 5.75 Å². The van der Waals surface area contributed by atoms with Gasteiger partial charge in [-0.05, 0) is 58.1 Å². The molecule has 0 atom stereocenters. The van der Waals surface area contributed by atoms with Crippen LogP contribution < -0.4 is 0 Å². The van der Waals surface area contributed by atoms with E-state index < -0.39 is 0 Å². The predicted molar refractivity (Wildman–Crippen MR) is 118 cm³/mol. The van der Waals surface area contributed by atoms with Gasteiger partial charge in [-0.25, -0.2) is 0 Å². The molecule has 0 saturated heterocycles. The van der Waals surface area contributed by atoms with E-state index in [9.17, 15) is 5.11 Å². The van der Waals surface area contributed by atoms with Crippen LogP contribution in [0.4, 0.5) is 5.69 Å². The minimum absolute atomic E-state index is 0.277. The minimum Gasteiger partial charge on any atom is -0.507 e. The van der Waals surface area contributed by atoms with Gasteiger partial charge in [-0.3, -0.25) is 4.99 Å². The molecule has 0 unspecified atom stereocenters. The molecule has 0 aliphatic carbocycles. The molecule has 2 heteroatoms. The summed E-state index contributed by atoms with van der Waals surface area (Å²) in [5, 5.41) is 10.3. The third-order valence-electron chi connectivity index (χ3n) is 5.15. The Kier molecular flexibility index (Phi) is 6.86. The molecule has 1 N–H and O–H groups in total. The zero-order chi connectivity index (χ0) is 20.3. The van der Waals surface area contributed by atoms with E-state index in [0.29, 0.717) is 23.7 Å². The van der Waals surface area contributed by atoms with Gasteiger partial charge in [0.25, 0.3) is 0 Å². The number of rotatable bonds is 6. The van der Waals surface area contributed by atoms with Gasteiger partial charge < -0.3 is 5.11 Å². The third kappa shape index (κ3) is 5.00. The molecule has 0 spiro atoms. The quantitative estimate of drug-likeness (QED) is 0.524. The summed E-state index contributed by atoms with van der Waals surface area (Å²) in [6.07, 6.45) is 1.82. The first-order valence-corrected chi connectivity index (χ1v) is 10.2. The lowest BCUT2D eigenvalue weighted by molar-refractivity contribution is 0.474. The molecule has 0 aliphatic heterocycles. The maximum absolute atomic E-state index is 10.3. The topological polar surface area (TPSA) is 32.6 Å². The SMILES string of the molecule is CC(C)c1ccc(O)c(/C=N/c2c(C(C)C)cc(C(C)C)cc2C(C)C)c1. The van der Waals surface area contributed by atoms with E-state index in [1.807, 2.05) is 18.3 Å². The molecule has 0 aliphatic rings. The molecule has 2 aromatic carbocycles. The Morgan fingerprint density at radius 1 is 0.704 bits per heavy atom. The Morgan fingerprint density at radius 3 is 1.67 bits per heavy atom. The number of hydrogen-bond acceptors (Lipinski definition) is 2. The molecular formula is C25H35NO. The molecule has 2 nitrogen and oxygen atoms in total. The first-order valence-electron chi connectivity index (χ1n) is 10.2. The van der Waals surface area contributed by atoms with Crippen molar-refractivity contribution in [2.45, 2.75) is 79.1 Å². The fourth-order valence-electron chi connectivity index (χ4n) is 3.24. The fraction of sp³-hybridized carbons (Fsp3) is 0.480. The smallest absolute Gasteiger partial charge is 0.124 e. The van der Waals surface area contributed by atoms with Crippen molar-refractivity contribution in [2.24, 2.45) is 4.99 Å². The van der Waals surface area contributed by atoms with Gasteiger partial charge in [0, 0.05) is 11.8 Å². The second-order valence-corrected chi connectivity index (χ2v) is 8.74. The first-order chi connectivity index (χ1) is 12.6. The molecular weight excluding hydrogens is 330 g/mol. The normalized spacial score (nSPS) is 12.3. The standard InChI is InChI=1S/C25H35NO/c1-15(2)19-9-10-24(27)21(11-19)14-26-25-22(17(5)6)12-20(16(3)4)13-23(25)18(7)8/h9-18,27H,1-8H3/b26-14+. The van der Waals surface area contributed by atoms with Crippen LogP contribution in [0.15, 0.2) is 35.3 Å². The number of phenolic OH excluding ortho intramolecular Hbond substituents is 1. The molecule has 0 amide bonds. The lowest BCUT2D eigenvalue weighted by Crippen LogP contribution is -2.00. The van der Waals surface area contributed by atoms with Gasteiger partial charge in [0.05, 0.1) is 5.69 Å². The van der Waals surface area contributed by atoms with Crippen molar-refractivity contribution in [3.05, 3.63) is 58.1 Å². The van der Waals surface area contributed by atoms with Gasteiger partial charge in [-0.2, -0.15) is 0 Å². The summed E-state index contributed by atoms with van der Waals surface area (Å²) in [5.41, 5.74) is 6.96. The van der Waals surface area contributed by atoms with E-state index >= 15 is 0 Å². The zero-order valence-electron chi connectivity index (χ0n) is 18.2. The molecule has 27 heavy (non-hydrogen) atoms. The maximum atomic E-state index is 10.3. The predicted octanol–water partition coefficient (Wildman–Crippen LogP) is 7.64. The molecule has 0 aromatic heterocycles. The van der Waals surface area contributed by atoms with Crippen LogP contribution in [0.2, 0.25) is 0 Å². The summed E-state index contributed by atoms with van der Waals surface area (Å²) >= 11 is 0. The molecule has 0 heterocycles. The van der Waals surface area contributed by atoms with Crippen molar-refractivity contribution in [2.75, 3.05) is 0 Å². The van der Waals surface area contributed by atoms with E-state index in [-0.39, 0.29) is 5.75 Å². The summed E-state index contributed by atoms with van der Waals surface area (Å²) in [5.74, 6) is 1.97. The molecule has 146 valence electrons. The van der Waals surface area contributed by atoms with Crippen LogP contribution in [0.5, 0.6) is 5.75 Å². The van der Waals surface area contributed by atoms with Crippen molar-refractivity contribution in [3.63, 3.8) is 0 Å². The summed E-state index contributed by atoms with van der Waals surface area (Å²) in [4.78, 5) is 4.90. The average molecular weight is 366 g/mol. The second kappa shape index (κ2) is 8.73. The van der Waals surface area contributed by atoms with Crippen LogP contribution in [0.25, 0.3) is 0 Å². The average Bonchev–Trinajstić information content (AvgIpc) is 2.59. The monoisotopic (exact) mass is 365 g/mol. The van der Waals surface area contributed by atoms with Gasteiger partial charge in [0.2, 0.25) is 0 Å². The Hall–Kier alpha value is -2.09. The van der Waals surface area contributed by atoms with E-state index in [4.69, 9.17) is 4.99 Å². The number of phenols is 1. The maximum Gasteiger partial charge on any atom is 0.124 e. The molecule has 2 rings (SSSR count). The molecule has 2 aromatic rings. The van der Waals surface area contributed by atoms with Crippen molar-refractivity contribution < 1.29 is 5.11 Å². The number of hydrogen-bond donors (Lipinski definition) is 1. The fourth-order valence-corrected chi connectivity index (χ4v) is 3.24. The Morgan fingerprint density at radius 2 is 1.22 bits per heavy atom. The molecule has 0 bridgehead atoms. The number of benzene rings is 2. The number of nitrogens with zero attached hydrogens (tertiary/aromatic N) is 1. The van der Waals surface area contributed by atoms with Gasteiger partial charge in [0.15, 0.2) is 0 Å². The largest absolute Gasteiger partial charge is 0.507 e. The Bertz CT molecular complexity index is 784. The minimum atomic E-state index is 0.277. The van der Waals surface area contributed by atoms with Crippen LogP contribution >= 0.6 is 0 Å². The van der Waals surface area contributed by atoms with Gasteiger partial charge >= 0.3 is 0 Å². The highest BCUT2D eigenvalue weighted by Gasteiger charge is 2.16. The third-order valence-corrected chi connectivity index (χ3v) is 5.15. The van der Waals surface area contributed by atoms with Gasteiger partial charge in [-0.1, -0.05) is 73.6 Å². The Labute approximate surface area is 165 Å². The summed E-state index contributed by atoms with van der Waals surface area (Å²) in [7, 11) is 0. The summed E-state index contributed by atoms with van der Waals surface area (Å²) in [6, 6.07) is 10.4. The number of aromatic hydroxyl groups is 1. The van der Waals surface area contributed by atoms with Crippen molar-refractivity contribution in [1.82, 2.24) is 0 Å². The van der Waals surface area contributed by atoms with Crippen molar-refractivity contribution >= 4 is 11.9 Å². The highest BCUT2D eigenvalue weighted by Crippen LogP contribution is 2.38. The highest BCUT2D eigenvalue weighted by atomic mass is 16.3. The van der Waals surface area contributed by atoms with Gasteiger partial charge in [0.1, 0.15) is 5.75 Å². The second-order valence-electron chi connectivity index (χ2n) is 8.74. The first kappa shape index (κ1) is 21.2. The zero-order valence-corrected chi connectivity index (χ0v) is 18.2. The summed E-state index contributed by atoms with van der Waals surface area (Å²) < 4.78 is 0. The molecule has 0 saturated carbocycles. The van der Waals surface area contributed by atoms with E-state index in [0.717, 1.165) is 11.3 Å².